The SMILES string of the molecule is COc1ccc(C23c4ccccc4C(=O)N2CCN3C(=O)c2ccccc2)cc1. The number of amides is 2. The number of hydrogen-bond acceptors (Lipinski definition) is 3. The highest BCUT2D eigenvalue weighted by molar-refractivity contribution is 6.03. The lowest BCUT2D eigenvalue weighted by Crippen LogP contribution is -2.51. The molecule has 3 aromatic carbocycles. The lowest BCUT2D eigenvalue weighted by atomic mass is 9.89. The summed E-state index contributed by atoms with van der Waals surface area (Å²) >= 11 is 0. The average Bonchev–Trinajstić information content (AvgIpc) is 3.30. The van der Waals surface area contributed by atoms with Gasteiger partial charge in [-0.2, -0.15) is 0 Å². The van der Waals surface area contributed by atoms with Gasteiger partial charge in [0.15, 0.2) is 5.66 Å². The van der Waals surface area contributed by atoms with Crippen molar-refractivity contribution in [2.24, 2.45) is 0 Å². The Kier molecular flexibility index (Phi) is 3.91. The van der Waals surface area contributed by atoms with Crippen LogP contribution in [0.2, 0.25) is 0 Å². The van der Waals surface area contributed by atoms with Gasteiger partial charge in [-0.05, 0) is 30.3 Å². The number of carbonyl (C=O) groups excluding carboxylic acids is 2. The minimum Gasteiger partial charge on any atom is -0.497 e. The number of nitrogens with zero attached hydrogens (tertiary/aromatic N) is 2. The molecule has 1 fully saturated rings. The third-order valence-corrected chi connectivity index (χ3v) is 5.87. The van der Waals surface area contributed by atoms with Crippen molar-refractivity contribution >= 4 is 11.8 Å². The molecule has 3 aromatic rings. The smallest absolute Gasteiger partial charge is 0.256 e. The summed E-state index contributed by atoms with van der Waals surface area (Å²) in [6.07, 6.45) is 0. The lowest BCUT2D eigenvalue weighted by Gasteiger charge is -2.40. The predicted octanol–water partition coefficient (Wildman–Crippen LogP) is 3.51. The Morgan fingerprint density at radius 3 is 2.31 bits per heavy atom. The van der Waals surface area contributed by atoms with Crippen molar-refractivity contribution in [2.45, 2.75) is 5.66 Å². The molecule has 29 heavy (non-hydrogen) atoms. The van der Waals surface area contributed by atoms with E-state index in [2.05, 4.69) is 0 Å². The maximum Gasteiger partial charge on any atom is 0.256 e. The van der Waals surface area contributed by atoms with E-state index in [-0.39, 0.29) is 11.8 Å². The summed E-state index contributed by atoms with van der Waals surface area (Å²) in [6, 6.07) is 24.4. The van der Waals surface area contributed by atoms with Crippen molar-refractivity contribution in [3.63, 3.8) is 0 Å². The zero-order valence-electron chi connectivity index (χ0n) is 16.0. The Balaban J connectivity index is 1.74. The summed E-state index contributed by atoms with van der Waals surface area (Å²) < 4.78 is 5.31. The average molecular weight is 384 g/mol. The number of fused-ring (bicyclic) bond motifs is 3. The molecular weight excluding hydrogens is 364 g/mol. The standard InChI is InChI=1S/C24H20N2O3/c1-29-19-13-11-18(12-14-19)24-21-10-6-5-9-20(21)23(28)26(24)16-15-25(24)22(27)17-7-3-2-4-8-17/h2-14H,15-16H2,1H3. The van der Waals surface area contributed by atoms with E-state index in [9.17, 15) is 9.59 Å². The Morgan fingerprint density at radius 1 is 0.897 bits per heavy atom. The van der Waals surface area contributed by atoms with E-state index < -0.39 is 5.66 Å². The van der Waals surface area contributed by atoms with E-state index >= 15 is 0 Å². The third kappa shape index (κ3) is 2.34. The summed E-state index contributed by atoms with van der Waals surface area (Å²) in [5, 5.41) is 0. The monoisotopic (exact) mass is 384 g/mol. The molecular formula is C24H20N2O3. The first kappa shape index (κ1) is 17.5. The van der Waals surface area contributed by atoms with E-state index in [1.54, 1.807) is 7.11 Å². The highest BCUT2D eigenvalue weighted by Gasteiger charge is 2.59. The predicted molar refractivity (Wildman–Crippen MR) is 109 cm³/mol. The van der Waals surface area contributed by atoms with Gasteiger partial charge in [0.1, 0.15) is 5.75 Å². The molecule has 1 saturated heterocycles. The van der Waals surface area contributed by atoms with Gasteiger partial charge in [0.25, 0.3) is 11.8 Å². The molecule has 5 rings (SSSR count). The Morgan fingerprint density at radius 2 is 1.59 bits per heavy atom. The molecule has 0 bridgehead atoms. The fourth-order valence-corrected chi connectivity index (χ4v) is 4.60. The normalized spacial score (nSPS) is 19.8. The van der Waals surface area contributed by atoms with Crippen molar-refractivity contribution < 1.29 is 14.3 Å². The number of rotatable bonds is 3. The maximum absolute atomic E-state index is 13.6. The maximum atomic E-state index is 13.6. The van der Waals surface area contributed by atoms with Crippen LogP contribution in [0.25, 0.3) is 0 Å². The lowest BCUT2D eigenvalue weighted by molar-refractivity contribution is 0.0375. The molecule has 1 atom stereocenters. The summed E-state index contributed by atoms with van der Waals surface area (Å²) in [5.41, 5.74) is 2.02. The number of carbonyl (C=O) groups is 2. The topological polar surface area (TPSA) is 49.9 Å². The molecule has 0 spiro atoms. The Bertz CT molecular complexity index is 1090. The molecule has 0 saturated carbocycles. The molecule has 1 unspecified atom stereocenters. The van der Waals surface area contributed by atoms with Crippen LogP contribution < -0.4 is 4.74 Å². The molecule has 0 N–H and O–H groups in total. The van der Waals surface area contributed by atoms with Gasteiger partial charge >= 0.3 is 0 Å². The molecule has 2 aliphatic rings. The second-order valence-electron chi connectivity index (χ2n) is 7.23. The van der Waals surface area contributed by atoms with E-state index in [1.165, 1.54) is 0 Å². The minimum absolute atomic E-state index is 0.0419. The van der Waals surface area contributed by atoms with Gasteiger partial charge in [0.2, 0.25) is 0 Å². The summed E-state index contributed by atoms with van der Waals surface area (Å²) in [7, 11) is 1.62. The van der Waals surface area contributed by atoms with Gasteiger partial charge in [-0.25, -0.2) is 0 Å². The first-order chi connectivity index (χ1) is 14.2. The van der Waals surface area contributed by atoms with Gasteiger partial charge in [-0.1, -0.05) is 48.5 Å². The summed E-state index contributed by atoms with van der Waals surface area (Å²) in [4.78, 5) is 30.5. The van der Waals surface area contributed by atoms with Crippen LogP contribution in [-0.4, -0.2) is 41.8 Å². The van der Waals surface area contributed by atoms with Crippen molar-refractivity contribution in [3.8, 4) is 5.75 Å². The largest absolute Gasteiger partial charge is 0.497 e. The van der Waals surface area contributed by atoms with Crippen molar-refractivity contribution in [2.75, 3.05) is 20.2 Å². The van der Waals surface area contributed by atoms with Gasteiger partial charge in [-0.15, -0.1) is 0 Å². The molecule has 5 nitrogen and oxygen atoms in total. The van der Waals surface area contributed by atoms with Crippen LogP contribution in [0, 0.1) is 0 Å². The first-order valence-electron chi connectivity index (χ1n) is 9.61. The number of methoxy groups -OCH3 is 1. The highest BCUT2D eigenvalue weighted by atomic mass is 16.5. The van der Waals surface area contributed by atoms with Gasteiger partial charge in [-0.3, -0.25) is 9.59 Å². The van der Waals surface area contributed by atoms with Crippen LogP contribution in [-0.2, 0) is 5.66 Å². The highest BCUT2D eigenvalue weighted by Crippen LogP contribution is 2.50. The Labute approximate surface area is 169 Å². The quantitative estimate of drug-likeness (QED) is 0.694. The number of benzene rings is 3. The van der Waals surface area contributed by atoms with Crippen molar-refractivity contribution in [1.29, 1.82) is 0 Å². The number of ether oxygens (including phenoxy) is 1. The van der Waals surface area contributed by atoms with Crippen LogP contribution in [0.5, 0.6) is 5.75 Å². The van der Waals surface area contributed by atoms with E-state index in [4.69, 9.17) is 4.74 Å². The molecule has 2 heterocycles. The van der Waals surface area contributed by atoms with E-state index in [0.717, 1.165) is 16.9 Å². The van der Waals surface area contributed by atoms with Crippen LogP contribution in [0.15, 0.2) is 78.9 Å². The van der Waals surface area contributed by atoms with Gasteiger partial charge in [0, 0.05) is 35.3 Å². The fraction of sp³-hybridized carbons (Fsp3) is 0.167. The van der Waals surface area contributed by atoms with Gasteiger partial charge in [0.05, 0.1) is 7.11 Å². The van der Waals surface area contributed by atoms with Crippen LogP contribution >= 0.6 is 0 Å². The van der Waals surface area contributed by atoms with Crippen LogP contribution in [0.3, 0.4) is 0 Å². The zero-order valence-corrected chi connectivity index (χ0v) is 16.0. The Hall–Kier alpha value is -3.60. The molecule has 2 amide bonds. The van der Waals surface area contributed by atoms with Crippen molar-refractivity contribution in [1.82, 2.24) is 9.80 Å². The molecule has 5 heteroatoms. The van der Waals surface area contributed by atoms with E-state index in [0.29, 0.717) is 24.2 Å². The molecule has 0 aliphatic carbocycles. The summed E-state index contributed by atoms with van der Waals surface area (Å²) in [5.74, 6) is 0.599. The van der Waals surface area contributed by atoms with E-state index in [1.807, 2.05) is 88.7 Å². The molecule has 0 radical (unpaired) electrons. The first-order valence-corrected chi connectivity index (χ1v) is 9.61. The second-order valence-corrected chi connectivity index (χ2v) is 7.23. The zero-order chi connectivity index (χ0) is 20.0. The number of hydrogen-bond donors (Lipinski definition) is 0. The van der Waals surface area contributed by atoms with Crippen molar-refractivity contribution in [3.05, 3.63) is 101 Å². The third-order valence-electron chi connectivity index (χ3n) is 5.87. The fourth-order valence-electron chi connectivity index (χ4n) is 4.60. The van der Waals surface area contributed by atoms with Crippen LogP contribution in [0.1, 0.15) is 31.8 Å². The molecule has 144 valence electrons. The van der Waals surface area contributed by atoms with Gasteiger partial charge < -0.3 is 14.5 Å². The second kappa shape index (κ2) is 6.48. The minimum atomic E-state index is -0.952. The molecule has 0 aromatic heterocycles. The summed E-state index contributed by atoms with van der Waals surface area (Å²) in [6.45, 7) is 0.956. The molecule has 2 aliphatic heterocycles. The van der Waals surface area contributed by atoms with Crippen LogP contribution in [0.4, 0.5) is 0 Å².